The van der Waals surface area contributed by atoms with Crippen LogP contribution in [0.15, 0.2) is 0 Å². The van der Waals surface area contributed by atoms with Crippen molar-refractivity contribution in [3.8, 4) is 0 Å². The first-order valence-electron chi connectivity index (χ1n) is 6.84. The van der Waals surface area contributed by atoms with Gasteiger partial charge in [-0.2, -0.15) is 0 Å². The molecule has 0 aliphatic carbocycles. The van der Waals surface area contributed by atoms with Crippen molar-refractivity contribution in [1.82, 2.24) is 0 Å². The van der Waals surface area contributed by atoms with Gasteiger partial charge in [-0.25, -0.2) is 0 Å². The quantitative estimate of drug-likeness (QED) is 0.403. The van der Waals surface area contributed by atoms with Crippen molar-refractivity contribution in [2.24, 2.45) is 0 Å². The predicted octanol–water partition coefficient (Wildman–Crippen LogP) is 0.713. The summed E-state index contributed by atoms with van der Waals surface area (Å²) in [6, 6.07) is 0. The fourth-order valence-electron chi connectivity index (χ4n) is 1.56. The van der Waals surface area contributed by atoms with E-state index < -0.39 is 12.2 Å². The van der Waals surface area contributed by atoms with E-state index in [1.807, 2.05) is 0 Å². The van der Waals surface area contributed by atoms with Crippen molar-refractivity contribution in [2.75, 3.05) is 0 Å². The van der Waals surface area contributed by atoms with E-state index in [2.05, 4.69) is 0 Å². The number of hydrogen-bond donors (Lipinski definition) is 2. The summed E-state index contributed by atoms with van der Waals surface area (Å²) in [4.78, 5) is 0. The van der Waals surface area contributed by atoms with Crippen LogP contribution < -0.4 is 0 Å². The summed E-state index contributed by atoms with van der Waals surface area (Å²) < 4.78 is 24.1. The van der Waals surface area contributed by atoms with Crippen molar-refractivity contribution in [3.05, 3.63) is 12.8 Å². The number of aliphatic hydroxyl groups excluding tert-OH is 2. The number of rotatable bonds is 0. The first-order chi connectivity index (χ1) is 8.47. The van der Waals surface area contributed by atoms with Crippen molar-refractivity contribution >= 4 is 0 Å². The van der Waals surface area contributed by atoms with Gasteiger partial charge >= 0.3 is 0 Å². The van der Waals surface area contributed by atoms with Crippen molar-refractivity contribution < 1.29 is 64.6 Å². The van der Waals surface area contributed by atoms with Crippen LogP contribution in [0.3, 0.4) is 0 Å². The molecule has 0 aromatic heterocycles. The van der Waals surface area contributed by atoms with Gasteiger partial charge in [-0.3, -0.25) is 12.8 Å². The van der Waals surface area contributed by atoms with Gasteiger partial charge < -0.3 is 19.7 Å². The fourth-order valence-corrected chi connectivity index (χ4v) is 1.56. The van der Waals surface area contributed by atoms with Gasteiger partial charge in [0.2, 0.25) is 0 Å². The van der Waals surface area contributed by atoms with E-state index in [9.17, 15) is 0 Å². The molecule has 0 aromatic carbocycles. The molecule has 2 saturated heterocycles. The molecule has 6 atom stereocenters. The van der Waals surface area contributed by atoms with Crippen LogP contribution in [0.25, 0.3) is 0 Å². The largest absolute Gasteiger partial charge is 0.422 e. The molecule has 108 valence electrons. The Bertz CT molecular complexity index is 207. The Morgan fingerprint density at radius 1 is 0.889 bits per heavy atom. The molecule has 2 aliphatic rings. The number of ether oxygens (including phenoxy) is 2. The van der Waals surface area contributed by atoms with Gasteiger partial charge in [0.1, 0.15) is 0 Å². The van der Waals surface area contributed by atoms with Crippen LogP contribution in [0.1, 0.15) is 30.4 Å². The minimum absolute atomic E-state index is 0. The SMILES string of the molecule is [2H]C[C@@H]1[CH-]C(O)[C@H](C)O1.[2H]C[C@@H]1[CH-]C(O)[C@H](C)O1.[W].[W]. The first-order valence-corrected chi connectivity index (χ1v) is 5.43. The topological polar surface area (TPSA) is 58.9 Å². The zero-order chi connectivity index (χ0) is 13.7. The summed E-state index contributed by atoms with van der Waals surface area (Å²) in [6.07, 6.45) is 1.82. The van der Waals surface area contributed by atoms with Crippen LogP contribution in [-0.2, 0) is 51.6 Å². The minimum Gasteiger partial charge on any atom is -0.422 e. The standard InChI is InChI=1S/2C6H11O2.2W/c2*1-4-3-6(7)5(2)8-4;;/h2*3-7H,1-2H3;;/q2*-1;;/t2*4-,5+,6?;;/m11../s1/i2*1D;;. The monoisotopic (exact) mass is 600 g/mol. The van der Waals surface area contributed by atoms with E-state index in [1.54, 1.807) is 26.7 Å². The summed E-state index contributed by atoms with van der Waals surface area (Å²) in [5, 5.41) is 18.1. The molecule has 2 fully saturated rings. The fraction of sp³-hybridized carbons (Fsp3) is 0.833. The van der Waals surface area contributed by atoms with E-state index in [1.165, 1.54) is 0 Å². The van der Waals surface area contributed by atoms with E-state index in [-0.39, 0.29) is 80.3 Å². The zero-order valence-electron chi connectivity index (χ0n) is 12.6. The molecule has 0 aromatic rings. The second-order valence-electron chi connectivity index (χ2n) is 4.13. The van der Waals surface area contributed by atoms with Gasteiger partial charge in [0.25, 0.3) is 0 Å². The van der Waals surface area contributed by atoms with Crippen LogP contribution in [0.2, 0.25) is 0 Å². The van der Waals surface area contributed by atoms with Crippen LogP contribution in [0.5, 0.6) is 0 Å². The predicted molar refractivity (Wildman–Crippen MR) is 60.6 cm³/mol. The summed E-state index contributed by atoms with van der Waals surface area (Å²) in [6.45, 7) is 4.02. The maximum Gasteiger partial charge on any atom is 0.0495 e. The van der Waals surface area contributed by atoms with Crippen molar-refractivity contribution in [1.29, 1.82) is 0 Å². The van der Waals surface area contributed by atoms with E-state index >= 15 is 0 Å². The normalized spacial score (nSPS) is 43.8. The Morgan fingerprint density at radius 2 is 1.22 bits per heavy atom. The molecule has 18 heavy (non-hydrogen) atoms. The van der Waals surface area contributed by atoms with Gasteiger partial charge in [0.15, 0.2) is 0 Å². The van der Waals surface area contributed by atoms with Gasteiger partial charge in [0.05, 0.1) is 0 Å². The van der Waals surface area contributed by atoms with E-state index in [4.69, 9.17) is 22.4 Å². The van der Waals surface area contributed by atoms with Crippen LogP contribution in [-0.4, -0.2) is 46.8 Å². The Hall–Kier alpha value is 1.22. The number of aliphatic hydroxyl groups is 2. The van der Waals surface area contributed by atoms with Crippen LogP contribution in [0, 0.1) is 12.8 Å². The van der Waals surface area contributed by atoms with Gasteiger partial charge in [0, 0.05) is 57.1 Å². The average Bonchev–Trinajstić information content (AvgIpc) is 2.84. The zero-order valence-corrected chi connectivity index (χ0v) is 16.4. The minimum atomic E-state index is -0.472. The molecule has 0 radical (unpaired) electrons. The summed E-state index contributed by atoms with van der Waals surface area (Å²) in [5.41, 5.74) is 0. The van der Waals surface area contributed by atoms with Crippen LogP contribution >= 0.6 is 0 Å². The second kappa shape index (κ2) is 10.0. The van der Waals surface area contributed by atoms with Crippen molar-refractivity contribution in [2.45, 2.75) is 64.3 Å². The molecule has 0 spiro atoms. The molecule has 2 unspecified atom stereocenters. The third kappa shape index (κ3) is 7.12. The van der Waals surface area contributed by atoms with E-state index in [0.29, 0.717) is 0 Å². The molecule has 0 bridgehead atoms. The average molecular weight is 600 g/mol. The summed E-state index contributed by atoms with van der Waals surface area (Å²) >= 11 is 0. The van der Waals surface area contributed by atoms with Crippen molar-refractivity contribution in [3.63, 3.8) is 0 Å². The molecule has 0 saturated carbocycles. The molecule has 6 heteroatoms. The summed E-state index contributed by atoms with van der Waals surface area (Å²) in [7, 11) is 0. The molecular formula is C12H22O4W2-2. The van der Waals surface area contributed by atoms with E-state index in [0.717, 1.165) is 0 Å². The second-order valence-corrected chi connectivity index (χ2v) is 4.13. The molecule has 2 aliphatic heterocycles. The molecule has 2 rings (SSSR count). The molecule has 0 amide bonds. The van der Waals surface area contributed by atoms with Gasteiger partial charge in [-0.1, -0.05) is 26.0 Å². The number of hydrogen-bond acceptors (Lipinski definition) is 4. The molecule has 2 heterocycles. The molecular weight excluding hydrogens is 576 g/mol. The first kappa shape index (κ1) is 17.3. The summed E-state index contributed by atoms with van der Waals surface area (Å²) in [5.74, 6) is 0. The maximum atomic E-state index is 9.04. The third-order valence-electron chi connectivity index (χ3n) is 2.56. The Kier molecular flexibility index (Phi) is 9.61. The van der Waals surface area contributed by atoms with Gasteiger partial charge in [-0.05, 0) is 26.1 Å². The maximum absolute atomic E-state index is 9.04. The van der Waals surface area contributed by atoms with Gasteiger partial charge in [-0.15, -0.1) is 0 Å². The Morgan fingerprint density at radius 3 is 1.33 bits per heavy atom. The van der Waals surface area contributed by atoms with Crippen LogP contribution in [0.4, 0.5) is 0 Å². The smallest absolute Gasteiger partial charge is 0.0495 e. The Balaban J connectivity index is 0. The molecule has 4 nitrogen and oxygen atoms in total. The molecule has 2 N–H and O–H groups in total. The Labute approximate surface area is 141 Å². The third-order valence-corrected chi connectivity index (χ3v) is 2.56.